The van der Waals surface area contributed by atoms with Crippen LogP contribution in [0.3, 0.4) is 0 Å². The zero-order valence-corrected chi connectivity index (χ0v) is 26.9. The highest BCUT2D eigenvalue weighted by molar-refractivity contribution is 7.98. The number of benzene rings is 3. The topological polar surface area (TPSA) is 141 Å². The van der Waals surface area contributed by atoms with Gasteiger partial charge in [-0.3, -0.25) is 9.56 Å². The molecule has 244 valence electrons. The lowest BCUT2D eigenvalue weighted by Crippen LogP contribution is -2.29. The summed E-state index contributed by atoms with van der Waals surface area (Å²) in [5, 5.41) is 13.0. The third kappa shape index (κ3) is 8.07. The molecule has 46 heavy (non-hydrogen) atoms. The van der Waals surface area contributed by atoms with Crippen LogP contribution in [-0.4, -0.2) is 46.3 Å². The minimum absolute atomic E-state index is 0.0776. The summed E-state index contributed by atoms with van der Waals surface area (Å²) in [6.45, 7) is 4.14. The van der Waals surface area contributed by atoms with Crippen molar-refractivity contribution in [2.45, 2.75) is 49.1 Å². The molecule has 1 aromatic heterocycles. The monoisotopic (exact) mass is 674 g/mol. The number of imidazole rings is 1. The molecular weight excluding hydrogens is 641 g/mol. The quantitative estimate of drug-likeness (QED) is 0.0515. The number of carbonyl (C=O) groups is 1. The molecule has 0 aliphatic rings. The van der Waals surface area contributed by atoms with Crippen molar-refractivity contribution < 1.29 is 27.8 Å². The molecule has 0 bridgehead atoms. The number of aliphatic carboxylic acids is 1. The van der Waals surface area contributed by atoms with Gasteiger partial charge in [0, 0.05) is 39.7 Å². The number of hydrogen-bond donors (Lipinski definition) is 4. The average Bonchev–Trinajstić information content (AvgIpc) is 3.43. The molecule has 0 amide bonds. The first-order chi connectivity index (χ1) is 21.8. The smallest absolute Gasteiger partial charge is 0.326 e. The van der Waals surface area contributed by atoms with Gasteiger partial charge in [-0.1, -0.05) is 43.3 Å². The van der Waals surface area contributed by atoms with E-state index < -0.39 is 34.9 Å². The van der Waals surface area contributed by atoms with E-state index in [0.29, 0.717) is 23.0 Å². The SMILES string of the molecule is COc1cc(C(C)(C)c2cnc(SCc3c(F)cc(N[C@H](CCCN=C(N)N)C(=O)O)cc3Cl)n2-c2ccc(F)cc2)ccc1F. The molecule has 1 atom stereocenters. The van der Waals surface area contributed by atoms with Crippen molar-refractivity contribution in [2.24, 2.45) is 16.5 Å². The van der Waals surface area contributed by atoms with Gasteiger partial charge in [0.25, 0.3) is 0 Å². The molecule has 9 nitrogen and oxygen atoms in total. The van der Waals surface area contributed by atoms with Gasteiger partial charge >= 0.3 is 5.97 Å². The van der Waals surface area contributed by atoms with Crippen molar-refractivity contribution in [3.05, 3.63) is 100 Å². The molecule has 0 radical (unpaired) electrons. The van der Waals surface area contributed by atoms with Crippen molar-refractivity contribution in [3.63, 3.8) is 0 Å². The molecule has 0 aliphatic heterocycles. The standard InChI is InChI=1S/C32H34ClF3N6O3S/c1-32(2,18-6-11-24(35)27(13-18)45-3)28-16-40-31(42(28)21-9-7-19(34)8-10-21)46-17-22-23(33)14-20(15-25(22)36)41-26(29(43)44)5-4-12-39-30(37)38/h6-11,13-16,26,41H,4-5,12,17H2,1-3H3,(H,43,44)(H4,37,38,39)/t26-/m1/s1. The summed E-state index contributed by atoms with van der Waals surface area (Å²) < 4.78 is 50.5. The van der Waals surface area contributed by atoms with Gasteiger partial charge in [0.1, 0.15) is 17.7 Å². The molecular formula is C32H34ClF3N6O3S. The van der Waals surface area contributed by atoms with Crippen LogP contribution in [0, 0.1) is 17.5 Å². The number of nitrogens with one attached hydrogen (secondary N) is 1. The van der Waals surface area contributed by atoms with Gasteiger partial charge in [-0.25, -0.2) is 22.9 Å². The minimum Gasteiger partial charge on any atom is -0.494 e. The molecule has 1 heterocycles. The number of anilines is 1. The highest BCUT2D eigenvalue weighted by Crippen LogP contribution is 2.39. The maximum absolute atomic E-state index is 15.4. The Kier molecular flexibility index (Phi) is 11.1. The molecule has 4 aromatic rings. The number of ether oxygens (including phenoxy) is 1. The maximum atomic E-state index is 15.4. The Morgan fingerprint density at radius 3 is 2.48 bits per heavy atom. The van der Waals surface area contributed by atoms with E-state index in [0.717, 1.165) is 5.56 Å². The summed E-state index contributed by atoms with van der Waals surface area (Å²) in [5.74, 6) is -2.58. The molecule has 14 heteroatoms. The molecule has 4 rings (SSSR count). The van der Waals surface area contributed by atoms with Crippen molar-refractivity contribution in [1.29, 1.82) is 0 Å². The highest BCUT2D eigenvalue weighted by Gasteiger charge is 2.31. The number of aliphatic imine (C=N–C) groups is 1. The Labute approximate surface area is 273 Å². The van der Waals surface area contributed by atoms with Crippen LogP contribution in [-0.2, 0) is 16.0 Å². The lowest BCUT2D eigenvalue weighted by Gasteiger charge is -2.28. The fourth-order valence-corrected chi connectivity index (χ4v) is 6.22. The van der Waals surface area contributed by atoms with E-state index in [4.69, 9.17) is 27.8 Å². The zero-order chi connectivity index (χ0) is 33.6. The molecule has 0 saturated carbocycles. The second-order valence-corrected chi connectivity index (χ2v) is 12.3. The van der Waals surface area contributed by atoms with Crippen molar-refractivity contribution >= 4 is 41.0 Å². The summed E-state index contributed by atoms with van der Waals surface area (Å²) in [7, 11) is 1.39. The predicted octanol–water partition coefficient (Wildman–Crippen LogP) is 6.49. The van der Waals surface area contributed by atoms with E-state index in [1.807, 2.05) is 18.4 Å². The second-order valence-electron chi connectivity index (χ2n) is 10.9. The van der Waals surface area contributed by atoms with Gasteiger partial charge in [0.2, 0.25) is 0 Å². The van der Waals surface area contributed by atoms with Gasteiger partial charge in [-0.15, -0.1) is 0 Å². The lowest BCUT2D eigenvalue weighted by molar-refractivity contribution is -0.138. The third-order valence-electron chi connectivity index (χ3n) is 7.40. The summed E-state index contributed by atoms with van der Waals surface area (Å²) in [6.07, 6.45) is 2.26. The number of carboxylic acids is 1. The summed E-state index contributed by atoms with van der Waals surface area (Å²) in [6, 6.07) is 12.1. The first-order valence-corrected chi connectivity index (χ1v) is 15.5. The van der Waals surface area contributed by atoms with Gasteiger partial charge in [-0.2, -0.15) is 0 Å². The van der Waals surface area contributed by atoms with Crippen LogP contribution in [0.2, 0.25) is 5.02 Å². The lowest BCUT2D eigenvalue weighted by atomic mass is 9.81. The van der Waals surface area contributed by atoms with E-state index in [1.54, 1.807) is 30.5 Å². The van der Waals surface area contributed by atoms with Crippen LogP contribution in [0.25, 0.3) is 5.69 Å². The number of nitrogens with zero attached hydrogens (tertiary/aromatic N) is 3. The predicted molar refractivity (Wildman–Crippen MR) is 175 cm³/mol. The summed E-state index contributed by atoms with van der Waals surface area (Å²) >= 11 is 7.71. The van der Waals surface area contributed by atoms with E-state index >= 15 is 4.39 Å². The zero-order valence-electron chi connectivity index (χ0n) is 25.4. The summed E-state index contributed by atoms with van der Waals surface area (Å²) in [5.41, 5.74) is 12.4. The van der Waals surface area contributed by atoms with Crippen LogP contribution < -0.4 is 21.5 Å². The fraction of sp³-hybridized carbons (Fsp3) is 0.281. The maximum Gasteiger partial charge on any atom is 0.326 e. The van der Waals surface area contributed by atoms with E-state index in [-0.39, 0.29) is 46.7 Å². The molecule has 6 N–H and O–H groups in total. The number of halogens is 4. The number of methoxy groups -OCH3 is 1. The summed E-state index contributed by atoms with van der Waals surface area (Å²) in [4.78, 5) is 20.2. The average molecular weight is 675 g/mol. The molecule has 3 aromatic carbocycles. The molecule has 0 fully saturated rings. The normalized spacial score (nSPS) is 12.1. The Hall–Kier alpha value is -4.36. The third-order valence-corrected chi connectivity index (χ3v) is 8.71. The van der Waals surface area contributed by atoms with Gasteiger partial charge in [-0.05, 0) is 66.9 Å². The van der Waals surface area contributed by atoms with Crippen LogP contribution in [0.1, 0.15) is 43.5 Å². The number of nitrogens with two attached hydrogens (primary N) is 2. The van der Waals surface area contributed by atoms with Crippen molar-refractivity contribution in [3.8, 4) is 11.4 Å². The fourth-order valence-electron chi connectivity index (χ4n) is 4.84. The highest BCUT2D eigenvalue weighted by atomic mass is 35.5. The van der Waals surface area contributed by atoms with Crippen molar-refractivity contribution in [2.75, 3.05) is 19.0 Å². The number of hydrogen-bond acceptors (Lipinski definition) is 6. The van der Waals surface area contributed by atoms with Gasteiger partial charge in [0.15, 0.2) is 22.7 Å². The molecule has 0 saturated heterocycles. The van der Waals surface area contributed by atoms with Gasteiger partial charge in [0.05, 0.1) is 19.0 Å². The number of thioether (sulfide) groups is 1. The molecule has 0 aliphatic carbocycles. The number of rotatable bonds is 14. The van der Waals surface area contributed by atoms with Crippen LogP contribution in [0.15, 0.2) is 70.9 Å². The van der Waals surface area contributed by atoms with E-state index in [1.165, 1.54) is 49.2 Å². The first-order valence-electron chi connectivity index (χ1n) is 14.2. The van der Waals surface area contributed by atoms with Gasteiger partial charge < -0.3 is 26.6 Å². The molecule has 0 spiro atoms. The Balaban J connectivity index is 1.62. The van der Waals surface area contributed by atoms with E-state index in [2.05, 4.69) is 15.3 Å². The van der Waals surface area contributed by atoms with Crippen LogP contribution >= 0.6 is 23.4 Å². The molecule has 0 unspecified atom stereocenters. The Bertz CT molecular complexity index is 1710. The Morgan fingerprint density at radius 2 is 1.85 bits per heavy atom. The van der Waals surface area contributed by atoms with Crippen LogP contribution in [0.4, 0.5) is 18.9 Å². The van der Waals surface area contributed by atoms with Crippen LogP contribution in [0.5, 0.6) is 5.75 Å². The first kappa shape index (κ1) is 34.5. The number of carboxylic acid groups (broad SMARTS) is 1. The largest absolute Gasteiger partial charge is 0.494 e. The number of guanidine groups is 1. The van der Waals surface area contributed by atoms with E-state index in [9.17, 15) is 18.7 Å². The van der Waals surface area contributed by atoms with Crippen molar-refractivity contribution in [1.82, 2.24) is 9.55 Å². The Morgan fingerprint density at radius 1 is 1.13 bits per heavy atom. The number of aromatic nitrogens is 2. The minimum atomic E-state index is -1.12. The second kappa shape index (κ2) is 14.8.